The molecular formula is C24H20N2O4. The molecule has 0 saturated heterocycles. The number of hydrogen-bond acceptors (Lipinski definition) is 4. The van der Waals surface area contributed by atoms with Crippen molar-refractivity contribution >= 4 is 17.7 Å². The third kappa shape index (κ3) is 3.01. The Hall–Kier alpha value is -3.98. The van der Waals surface area contributed by atoms with Gasteiger partial charge in [0.05, 0.1) is 22.9 Å². The smallest absolute Gasteiger partial charge is 0.337 e. The second kappa shape index (κ2) is 7.80. The van der Waals surface area contributed by atoms with Crippen LogP contribution in [-0.4, -0.2) is 27.9 Å². The van der Waals surface area contributed by atoms with Gasteiger partial charge in [0, 0.05) is 0 Å². The molecule has 1 atom stereocenters. The summed E-state index contributed by atoms with van der Waals surface area (Å²) in [7, 11) is 0. The molecule has 2 aromatic carbocycles. The lowest BCUT2D eigenvalue weighted by molar-refractivity contribution is -0.139. The topological polar surface area (TPSA) is 122 Å². The Morgan fingerprint density at radius 2 is 1.80 bits per heavy atom. The van der Waals surface area contributed by atoms with Crippen LogP contribution in [-0.2, 0) is 15.0 Å². The van der Waals surface area contributed by atoms with E-state index < -0.39 is 23.1 Å². The SMILES string of the molecule is CCC1=C(C)C(C(=O)O)(c2ccc(-c3ccccc3)c(C#N)c2)C(=N)C(C(=O)O)=C1. The van der Waals surface area contributed by atoms with Gasteiger partial charge < -0.3 is 15.6 Å². The zero-order valence-corrected chi connectivity index (χ0v) is 16.6. The Morgan fingerprint density at radius 1 is 1.13 bits per heavy atom. The van der Waals surface area contributed by atoms with Gasteiger partial charge in [0.25, 0.3) is 0 Å². The third-order valence-corrected chi connectivity index (χ3v) is 5.60. The molecule has 0 fully saturated rings. The van der Waals surface area contributed by atoms with Gasteiger partial charge in [-0.2, -0.15) is 5.26 Å². The summed E-state index contributed by atoms with van der Waals surface area (Å²) >= 11 is 0. The molecule has 0 aliphatic heterocycles. The summed E-state index contributed by atoms with van der Waals surface area (Å²) < 4.78 is 0. The third-order valence-electron chi connectivity index (χ3n) is 5.60. The first-order chi connectivity index (χ1) is 14.3. The van der Waals surface area contributed by atoms with Crippen LogP contribution in [0, 0.1) is 16.7 Å². The summed E-state index contributed by atoms with van der Waals surface area (Å²) in [5.41, 5.74) is -0.0445. The Kier molecular flexibility index (Phi) is 5.39. The number of carbonyl (C=O) groups is 2. The summed E-state index contributed by atoms with van der Waals surface area (Å²) in [6, 6.07) is 16.0. The number of benzene rings is 2. The van der Waals surface area contributed by atoms with Gasteiger partial charge >= 0.3 is 11.9 Å². The molecule has 0 aromatic heterocycles. The highest BCUT2D eigenvalue weighted by Gasteiger charge is 2.51. The Morgan fingerprint density at radius 3 is 2.33 bits per heavy atom. The minimum atomic E-state index is -1.98. The van der Waals surface area contributed by atoms with Gasteiger partial charge in [-0.15, -0.1) is 0 Å². The van der Waals surface area contributed by atoms with Crippen molar-refractivity contribution in [2.45, 2.75) is 25.7 Å². The van der Waals surface area contributed by atoms with Crippen molar-refractivity contribution < 1.29 is 19.8 Å². The first-order valence-electron chi connectivity index (χ1n) is 9.37. The van der Waals surface area contributed by atoms with Gasteiger partial charge in [0.2, 0.25) is 0 Å². The highest BCUT2D eigenvalue weighted by Crippen LogP contribution is 2.43. The number of rotatable bonds is 5. The van der Waals surface area contributed by atoms with Crippen molar-refractivity contribution in [1.29, 1.82) is 10.7 Å². The predicted molar refractivity (Wildman–Crippen MR) is 112 cm³/mol. The minimum Gasteiger partial charge on any atom is -0.480 e. The molecular weight excluding hydrogens is 380 g/mol. The Bertz CT molecular complexity index is 1170. The summed E-state index contributed by atoms with van der Waals surface area (Å²) in [5, 5.41) is 38.1. The molecule has 1 aliphatic rings. The molecule has 0 bridgehead atoms. The standard InChI is InChI=1S/C24H20N2O4/c1-3-15-12-20(22(27)28)21(26)24(14(15)2,23(29)30)18-9-10-19(17(11-18)13-25)16-7-5-4-6-8-16/h4-12,26H,3H2,1-2H3,(H,27,28)(H,29,30). The summed E-state index contributed by atoms with van der Waals surface area (Å²) in [6.45, 7) is 3.41. The van der Waals surface area contributed by atoms with Crippen molar-refractivity contribution in [3.8, 4) is 17.2 Å². The van der Waals surface area contributed by atoms with Gasteiger partial charge in [-0.1, -0.05) is 49.4 Å². The molecule has 3 N–H and O–H groups in total. The molecule has 30 heavy (non-hydrogen) atoms. The Labute approximate surface area is 173 Å². The quantitative estimate of drug-likeness (QED) is 0.690. The number of nitriles is 1. The molecule has 0 spiro atoms. The van der Waals surface area contributed by atoms with E-state index in [9.17, 15) is 25.1 Å². The molecule has 6 nitrogen and oxygen atoms in total. The van der Waals surface area contributed by atoms with Crippen LogP contribution in [0.5, 0.6) is 0 Å². The fraction of sp³-hybridized carbons (Fsp3) is 0.167. The maximum atomic E-state index is 12.6. The maximum Gasteiger partial charge on any atom is 0.337 e. The molecule has 2 aromatic rings. The van der Waals surface area contributed by atoms with E-state index in [4.69, 9.17) is 5.41 Å². The van der Waals surface area contributed by atoms with Gasteiger partial charge in [0.1, 0.15) is 0 Å². The van der Waals surface area contributed by atoms with Crippen LogP contribution in [0.2, 0.25) is 0 Å². The van der Waals surface area contributed by atoms with E-state index in [0.717, 1.165) is 5.56 Å². The van der Waals surface area contributed by atoms with Crippen molar-refractivity contribution in [2.75, 3.05) is 0 Å². The van der Waals surface area contributed by atoms with Crippen molar-refractivity contribution in [3.63, 3.8) is 0 Å². The average molecular weight is 400 g/mol. The van der Waals surface area contributed by atoms with Crippen LogP contribution in [0.4, 0.5) is 0 Å². The van der Waals surface area contributed by atoms with E-state index in [-0.39, 0.29) is 16.7 Å². The van der Waals surface area contributed by atoms with Gasteiger partial charge in [-0.3, -0.25) is 4.79 Å². The first kappa shape index (κ1) is 20.7. The highest BCUT2D eigenvalue weighted by molar-refractivity contribution is 6.31. The van der Waals surface area contributed by atoms with Crippen LogP contribution in [0.1, 0.15) is 31.4 Å². The molecule has 150 valence electrons. The minimum absolute atomic E-state index is 0.187. The van der Waals surface area contributed by atoms with Crippen LogP contribution < -0.4 is 0 Å². The van der Waals surface area contributed by atoms with Crippen LogP contribution in [0.15, 0.2) is 71.3 Å². The van der Waals surface area contributed by atoms with E-state index in [1.165, 1.54) is 12.1 Å². The lowest BCUT2D eigenvalue weighted by atomic mass is 9.64. The zero-order chi connectivity index (χ0) is 22.1. The molecule has 3 rings (SSSR count). The normalized spacial score (nSPS) is 18.6. The summed E-state index contributed by atoms with van der Waals surface area (Å²) in [5.74, 6) is -2.70. The number of nitrogens with zero attached hydrogens (tertiary/aromatic N) is 1. The van der Waals surface area contributed by atoms with Gasteiger partial charge in [-0.05, 0) is 53.3 Å². The number of nitrogens with one attached hydrogen (secondary N) is 1. The summed E-state index contributed by atoms with van der Waals surface area (Å²) in [4.78, 5) is 24.4. The van der Waals surface area contributed by atoms with E-state index in [2.05, 4.69) is 6.07 Å². The van der Waals surface area contributed by atoms with Crippen molar-refractivity contribution in [1.82, 2.24) is 0 Å². The lowest BCUT2D eigenvalue weighted by Gasteiger charge is -2.36. The molecule has 0 heterocycles. The maximum absolute atomic E-state index is 12.6. The monoisotopic (exact) mass is 400 g/mol. The van der Waals surface area contributed by atoms with Crippen molar-refractivity contribution in [2.24, 2.45) is 0 Å². The first-order valence-corrected chi connectivity index (χ1v) is 9.37. The predicted octanol–water partition coefficient (Wildman–Crippen LogP) is 4.32. The molecule has 6 heteroatoms. The van der Waals surface area contributed by atoms with E-state index in [1.807, 2.05) is 30.3 Å². The number of carboxylic acid groups (broad SMARTS) is 2. The van der Waals surface area contributed by atoms with Crippen LogP contribution in [0.3, 0.4) is 0 Å². The molecule has 0 saturated carbocycles. The Balaban J connectivity index is 2.32. The highest BCUT2D eigenvalue weighted by atomic mass is 16.4. The largest absolute Gasteiger partial charge is 0.480 e. The zero-order valence-electron chi connectivity index (χ0n) is 16.6. The second-order valence-corrected chi connectivity index (χ2v) is 7.04. The number of hydrogen-bond donors (Lipinski definition) is 3. The fourth-order valence-corrected chi connectivity index (χ4v) is 4.01. The van der Waals surface area contributed by atoms with Crippen molar-refractivity contribution in [3.05, 3.63) is 82.5 Å². The lowest BCUT2D eigenvalue weighted by Crippen LogP contribution is -2.48. The fourth-order valence-electron chi connectivity index (χ4n) is 4.01. The number of allylic oxidation sites excluding steroid dienone is 2. The van der Waals surface area contributed by atoms with E-state index in [1.54, 1.807) is 26.0 Å². The van der Waals surface area contributed by atoms with Gasteiger partial charge in [0.15, 0.2) is 5.41 Å². The number of carboxylic acids is 2. The second-order valence-electron chi connectivity index (χ2n) is 7.04. The van der Waals surface area contributed by atoms with E-state index >= 15 is 0 Å². The molecule has 0 amide bonds. The van der Waals surface area contributed by atoms with E-state index in [0.29, 0.717) is 23.1 Å². The van der Waals surface area contributed by atoms with Crippen LogP contribution in [0.25, 0.3) is 11.1 Å². The molecule has 1 aliphatic carbocycles. The van der Waals surface area contributed by atoms with Crippen LogP contribution >= 0.6 is 0 Å². The summed E-state index contributed by atoms with van der Waals surface area (Å²) in [6.07, 6.45) is 1.78. The molecule has 0 radical (unpaired) electrons. The number of aliphatic carboxylic acids is 2. The molecule has 1 unspecified atom stereocenters. The average Bonchev–Trinajstić information content (AvgIpc) is 2.74. The van der Waals surface area contributed by atoms with Gasteiger partial charge in [-0.25, -0.2) is 4.79 Å².